The van der Waals surface area contributed by atoms with E-state index in [4.69, 9.17) is 0 Å². The van der Waals surface area contributed by atoms with E-state index in [0.717, 1.165) is 12.1 Å². The molecule has 1 aromatic heterocycles. The lowest BCUT2D eigenvalue weighted by Gasteiger charge is -2.11. The normalized spacial score (nSPS) is 12.2. The number of allylic oxidation sites excluding steroid dienone is 2. The molecule has 0 saturated heterocycles. The average Bonchev–Trinajstić information content (AvgIpc) is 2.18. The maximum atomic E-state index is 4.45. The van der Waals surface area contributed by atoms with Crippen LogP contribution in [0.5, 0.6) is 0 Å². The highest BCUT2D eigenvalue weighted by Crippen LogP contribution is 2.23. The molecule has 0 aliphatic rings. The first-order chi connectivity index (χ1) is 6.66. The summed E-state index contributed by atoms with van der Waals surface area (Å²) < 4.78 is 0. The third-order valence-corrected chi connectivity index (χ3v) is 2.34. The zero-order chi connectivity index (χ0) is 10.6. The maximum absolute atomic E-state index is 4.45. The Morgan fingerprint density at radius 1 is 1.50 bits per heavy atom. The number of hydrogen-bond acceptors (Lipinski definition) is 1. The molecule has 0 fully saturated rings. The van der Waals surface area contributed by atoms with Crippen LogP contribution in [-0.2, 0) is 0 Å². The van der Waals surface area contributed by atoms with Crippen molar-refractivity contribution in [2.75, 3.05) is 0 Å². The van der Waals surface area contributed by atoms with Crippen LogP contribution in [0.15, 0.2) is 24.4 Å². The molecule has 1 heteroatoms. The molecule has 0 radical (unpaired) electrons. The average molecular weight is 189 g/mol. The van der Waals surface area contributed by atoms with Crippen LogP contribution >= 0.6 is 0 Å². The van der Waals surface area contributed by atoms with Gasteiger partial charge in [-0.2, -0.15) is 0 Å². The first kappa shape index (κ1) is 11.0. The largest absolute Gasteiger partial charge is 0.256 e. The Hall–Kier alpha value is -1.11. The van der Waals surface area contributed by atoms with Gasteiger partial charge in [0.1, 0.15) is 0 Å². The van der Waals surface area contributed by atoms with Crippen molar-refractivity contribution in [3.05, 3.63) is 35.7 Å². The molecule has 1 heterocycles. The van der Waals surface area contributed by atoms with Gasteiger partial charge >= 0.3 is 0 Å². The van der Waals surface area contributed by atoms with Crippen molar-refractivity contribution in [1.29, 1.82) is 0 Å². The molecular weight excluding hydrogens is 170 g/mol. The summed E-state index contributed by atoms with van der Waals surface area (Å²) >= 11 is 0. The van der Waals surface area contributed by atoms with Gasteiger partial charge in [-0.1, -0.05) is 32.9 Å². The molecule has 14 heavy (non-hydrogen) atoms. The van der Waals surface area contributed by atoms with Crippen molar-refractivity contribution in [3.8, 4) is 0 Å². The van der Waals surface area contributed by atoms with Gasteiger partial charge in [0.15, 0.2) is 0 Å². The van der Waals surface area contributed by atoms with Gasteiger partial charge in [-0.25, -0.2) is 0 Å². The summed E-state index contributed by atoms with van der Waals surface area (Å²) in [5.74, 6) is 0.541. The lowest BCUT2D eigenvalue weighted by molar-refractivity contribution is 0.851. The minimum absolute atomic E-state index is 0.541. The van der Waals surface area contributed by atoms with Crippen LogP contribution in [0.2, 0.25) is 0 Å². The molecule has 1 nitrogen and oxygen atoms in total. The standard InChI is InChI=1S/C13H19N/c1-5-7-11(4)13-12(10(2)3)8-6-9-14-13/h6-10H,5H2,1-4H3/b11-7+. The minimum Gasteiger partial charge on any atom is -0.256 e. The zero-order valence-electron chi connectivity index (χ0n) is 9.54. The second-order valence-electron chi connectivity index (χ2n) is 3.89. The van der Waals surface area contributed by atoms with E-state index in [-0.39, 0.29) is 0 Å². The first-order valence-electron chi connectivity index (χ1n) is 5.28. The fraction of sp³-hybridized carbons (Fsp3) is 0.462. The fourth-order valence-electron chi connectivity index (χ4n) is 1.62. The Bertz CT molecular complexity index is 324. The predicted octanol–water partition coefficient (Wildman–Crippen LogP) is 4.02. The summed E-state index contributed by atoms with van der Waals surface area (Å²) in [6.45, 7) is 8.71. The van der Waals surface area contributed by atoms with Gasteiger partial charge < -0.3 is 0 Å². The Labute approximate surface area is 86.9 Å². The fourth-order valence-corrected chi connectivity index (χ4v) is 1.62. The van der Waals surface area contributed by atoms with Crippen molar-refractivity contribution < 1.29 is 0 Å². The molecule has 0 bridgehead atoms. The molecule has 0 spiro atoms. The van der Waals surface area contributed by atoms with Crippen molar-refractivity contribution >= 4 is 5.57 Å². The van der Waals surface area contributed by atoms with Crippen molar-refractivity contribution in [1.82, 2.24) is 4.98 Å². The van der Waals surface area contributed by atoms with E-state index < -0.39 is 0 Å². The number of aromatic nitrogens is 1. The molecule has 0 aromatic carbocycles. The van der Waals surface area contributed by atoms with Crippen LogP contribution in [0.1, 0.15) is 51.3 Å². The molecule has 0 unspecified atom stereocenters. The molecule has 0 aliphatic heterocycles. The van der Waals surface area contributed by atoms with E-state index in [1.807, 2.05) is 12.3 Å². The van der Waals surface area contributed by atoms with E-state index in [1.165, 1.54) is 11.1 Å². The van der Waals surface area contributed by atoms with Crippen molar-refractivity contribution in [3.63, 3.8) is 0 Å². The predicted molar refractivity (Wildman–Crippen MR) is 62.3 cm³/mol. The van der Waals surface area contributed by atoms with Gasteiger partial charge in [0.2, 0.25) is 0 Å². The van der Waals surface area contributed by atoms with Gasteiger partial charge in [-0.05, 0) is 36.5 Å². The monoisotopic (exact) mass is 189 g/mol. The van der Waals surface area contributed by atoms with Gasteiger partial charge in [0.05, 0.1) is 5.69 Å². The second-order valence-corrected chi connectivity index (χ2v) is 3.89. The van der Waals surface area contributed by atoms with Crippen LogP contribution in [0, 0.1) is 0 Å². The Morgan fingerprint density at radius 2 is 2.21 bits per heavy atom. The summed E-state index contributed by atoms with van der Waals surface area (Å²) in [4.78, 5) is 4.45. The summed E-state index contributed by atoms with van der Waals surface area (Å²) in [5.41, 5.74) is 3.79. The van der Waals surface area contributed by atoms with Crippen LogP contribution in [0.3, 0.4) is 0 Å². The highest BCUT2D eigenvalue weighted by atomic mass is 14.7. The molecule has 1 rings (SSSR count). The van der Waals surface area contributed by atoms with E-state index in [0.29, 0.717) is 5.92 Å². The first-order valence-corrected chi connectivity index (χ1v) is 5.28. The highest BCUT2D eigenvalue weighted by Gasteiger charge is 2.07. The van der Waals surface area contributed by atoms with Crippen LogP contribution < -0.4 is 0 Å². The molecule has 0 aliphatic carbocycles. The summed E-state index contributed by atoms with van der Waals surface area (Å²) in [5, 5.41) is 0. The summed E-state index contributed by atoms with van der Waals surface area (Å²) in [6.07, 6.45) is 5.17. The highest BCUT2D eigenvalue weighted by molar-refractivity contribution is 5.63. The van der Waals surface area contributed by atoms with Gasteiger partial charge in [0, 0.05) is 6.20 Å². The quantitative estimate of drug-likeness (QED) is 0.700. The maximum Gasteiger partial charge on any atom is 0.0690 e. The molecule has 1 aromatic rings. The molecular formula is C13H19N. The van der Waals surface area contributed by atoms with Crippen LogP contribution in [0.25, 0.3) is 5.57 Å². The van der Waals surface area contributed by atoms with Gasteiger partial charge in [-0.3, -0.25) is 4.98 Å². The van der Waals surface area contributed by atoms with E-state index >= 15 is 0 Å². The van der Waals surface area contributed by atoms with E-state index in [9.17, 15) is 0 Å². The molecule has 76 valence electrons. The number of pyridine rings is 1. The lowest BCUT2D eigenvalue weighted by Crippen LogP contribution is -1.97. The SMILES string of the molecule is CC/C=C(\C)c1ncccc1C(C)C. The Balaban J connectivity index is 3.13. The molecule has 0 N–H and O–H groups in total. The third-order valence-electron chi connectivity index (χ3n) is 2.34. The third kappa shape index (κ3) is 2.44. The zero-order valence-corrected chi connectivity index (χ0v) is 9.54. The smallest absolute Gasteiger partial charge is 0.0690 e. The molecule has 0 atom stereocenters. The van der Waals surface area contributed by atoms with Crippen molar-refractivity contribution in [2.24, 2.45) is 0 Å². The number of rotatable bonds is 3. The minimum atomic E-state index is 0.541. The topological polar surface area (TPSA) is 12.9 Å². The van der Waals surface area contributed by atoms with Crippen LogP contribution in [-0.4, -0.2) is 4.98 Å². The van der Waals surface area contributed by atoms with E-state index in [2.05, 4.69) is 44.8 Å². The van der Waals surface area contributed by atoms with Gasteiger partial charge in [0.25, 0.3) is 0 Å². The summed E-state index contributed by atoms with van der Waals surface area (Å²) in [6, 6.07) is 4.18. The van der Waals surface area contributed by atoms with Crippen LogP contribution in [0.4, 0.5) is 0 Å². The molecule has 0 amide bonds. The Kier molecular flexibility index (Phi) is 3.87. The van der Waals surface area contributed by atoms with E-state index in [1.54, 1.807) is 0 Å². The Morgan fingerprint density at radius 3 is 2.79 bits per heavy atom. The lowest BCUT2D eigenvalue weighted by atomic mass is 9.97. The van der Waals surface area contributed by atoms with Crippen molar-refractivity contribution in [2.45, 2.75) is 40.0 Å². The number of nitrogens with zero attached hydrogens (tertiary/aromatic N) is 1. The molecule has 0 saturated carbocycles. The summed E-state index contributed by atoms with van der Waals surface area (Å²) in [7, 11) is 0. The number of hydrogen-bond donors (Lipinski definition) is 0. The van der Waals surface area contributed by atoms with Gasteiger partial charge in [-0.15, -0.1) is 0 Å². The second kappa shape index (κ2) is 4.94.